The fourth-order valence-electron chi connectivity index (χ4n) is 7.75. The predicted molar refractivity (Wildman–Crippen MR) is 154 cm³/mol. The molecular weight excluding hydrogens is 504 g/mol. The summed E-state index contributed by atoms with van der Waals surface area (Å²) in [4.78, 5) is 28.3. The standard InChI is InChI=1S/C34H40O6/c1-18(2)9-10-22-28-21(12-13-31(5,6)39-28)26(35)25-27(36)23-15-24-30(37)33(14-11-19(3)4)34(23,24)20(17-38-29(22)25)16-32(7,8)40-33/h9,11-13,15,20,24,35H,10,14,16-17H2,1-8H3/t20?,24-,33-,34?/m0/s1. The van der Waals surface area contributed by atoms with Gasteiger partial charge in [-0.05, 0) is 80.4 Å². The molecule has 1 saturated carbocycles. The van der Waals surface area contributed by atoms with Crippen LogP contribution in [0.4, 0.5) is 0 Å². The van der Waals surface area contributed by atoms with Gasteiger partial charge in [0.15, 0.2) is 11.6 Å². The van der Waals surface area contributed by atoms with E-state index in [1.807, 2.05) is 79.7 Å². The molecule has 212 valence electrons. The maximum atomic E-state index is 14.6. The number of carbonyl (C=O) groups excluding carboxylic acids is 2. The smallest absolute Gasteiger partial charge is 0.196 e. The van der Waals surface area contributed by atoms with Crippen LogP contribution in [0, 0.1) is 17.3 Å². The van der Waals surface area contributed by atoms with Crippen molar-refractivity contribution in [3.63, 3.8) is 0 Å². The number of Topliss-reactive ketones (excluding diaryl/α,β-unsaturated/α-hetero) is 2. The number of hydrogen-bond acceptors (Lipinski definition) is 6. The third kappa shape index (κ3) is 3.44. The molecular formula is C34H40O6. The number of rotatable bonds is 4. The van der Waals surface area contributed by atoms with Gasteiger partial charge in [0.05, 0.1) is 29.1 Å². The van der Waals surface area contributed by atoms with Crippen molar-refractivity contribution in [1.29, 1.82) is 0 Å². The molecule has 40 heavy (non-hydrogen) atoms. The first-order chi connectivity index (χ1) is 18.6. The molecule has 1 aromatic rings. The average Bonchev–Trinajstić information content (AvgIpc) is 2.82. The topological polar surface area (TPSA) is 82.1 Å². The van der Waals surface area contributed by atoms with Crippen LogP contribution in [-0.2, 0) is 16.0 Å². The highest BCUT2D eigenvalue weighted by Crippen LogP contribution is 2.75. The summed E-state index contributed by atoms with van der Waals surface area (Å²) in [5, 5.41) is 11.6. The SMILES string of the molecule is CC(C)=CCc1c2c(c(O)c3c1OCC1CC(C)(C)O[C@@]4(CC=C(C)C)C(=O)[C@@H]5C=C(C3=O)C154)C=CC(C)(C)O2. The molecule has 3 aliphatic heterocycles. The summed E-state index contributed by atoms with van der Waals surface area (Å²) in [6.45, 7) is 16.3. The van der Waals surface area contributed by atoms with E-state index in [1.54, 1.807) is 0 Å². The Balaban J connectivity index is 1.58. The number of aromatic hydroxyl groups is 1. The van der Waals surface area contributed by atoms with Gasteiger partial charge >= 0.3 is 0 Å². The van der Waals surface area contributed by atoms with E-state index in [1.165, 1.54) is 0 Å². The number of ketones is 2. The Kier molecular flexibility index (Phi) is 5.72. The quantitative estimate of drug-likeness (QED) is 0.425. The molecule has 1 saturated heterocycles. The summed E-state index contributed by atoms with van der Waals surface area (Å²) in [6.07, 6.45) is 11.2. The van der Waals surface area contributed by atoms with Gasteiger partial charge in [-0.25, -0.2) is 0 Å². The largest absolute Gasteiger partial charge is 0.506 e. The van der Waals surface area contributed by atoms with Crippen molar-refractivity contribution in [1.82, 2.24) is 0 Å². The van der Waals surface area contributed by atoms with E-state index in [9.17, 15) is 14.7 Å². The lowest BCUT2D eigenvalue weighted by atomic mass is 9.33. The first kappa shape index (κ1) is 27.1. The van der Waals surface area contributed by atoms with Crippen LogP contribution in [0.15, 0.2) is 41.0 Å². The number of phenolic OH excluding ortho intramolecular Hbond substituents is 1. The maximum Gasteiger partial charge on any atom is 0.196 e. The molecule has 6 rings (SSSR count). The molecule has 2 aliphatic carbocycles. The third-order valence-electron chi connectivity index (χ3n) is 9.39. The average molecular weight is 545 g/mol. The van der Waals surface area contributed by atoms with E-state index >= 15 is 0 Å². The first-order valence-electron chi connectivity index (χ1n) is 14.4. The zero-order valence-corrected chi connectivity index (χ0v) is 24.9. The highest BCUT2D eigenvalue weighted by molar-refractivity contribution is 6.20. The molecule has 3 heterocycles. The Bertz CT molecular complexity index is 1480. The van der Waals surface area contributed by atoms with E-state index in [0.717, 1.165) is 16.7 Å². The van der Waals surface area contributed by atoms with E-state index < -0.39 is 22.2 Å². The second kappa shape index (κ2) is 8.45. The number of phenols is 1. The van der Waals surface area contributed by atoms with Gasteiger partial charge in [-0.15, -0.1) is 0 Å². The zero-order valence-electron chi connectivity index (χ0n) is 24.9. The van der Waals surface area contributed by atoms with Gasteiger partial charge in [0.1, 0.15) is 34.0 Å². The molecule has 1 aromatic carbocycles. The number of carbonyl (C=O) groups is 2. The minimum Gasteiger partial charge on any atom is -0.506 e. The Morgan fingerprint density at radius 3 is 2.42 bits per heavy atom. The number of benzene rings is 1. The van der Waals surface area contributed by atoms with Gasteiger partial charge in [0, 0.05) is 23.5 Å². The van der Waals surface area contributed by atoms with Crippen molar-refractivity contribution in [3.8, 4) is 17.2 Å². The molecule has 0 bridgehead atoms. The van der Waals surface area contributed by atoms with E-state index in [0.29, 0.717) is 48.5 Å². The summed E-state index contributed by atoms with van der Waals surface area (Å²) >= 11 is 0. The van der Waals surface area contributed by atoms with E-state index in [4.69, 9.17) is 14.2 Å². The molecule has 0 amide bonds. The van der Waals surface area contributed by atoms with Crippen LogP contribution in [0.5, 0.6) is 17.2 Å². The second-order valence-corrected chi connectivity index (χ2v) is 13.8. The molecule has 0 radical (unpaired) electrons. The summed E-state index contributed by atoms with van der Waals surface area (Å²) in [5.41, 5.74) is 1.17. The van der Waals surface area contributed by atoms with Crippen LogP contribution < -0.4 is 9.47 Å². The fourth-order valence-corrected chi connectivity index (χ4v) is 7.75. The Hall–Kier alpha value is -3.12. The van der Waals surface area contributed by atoms with Gasteiger partial charge in [-0.3, -0.25) is 9.59 Å². The lowest BCUT2D eigenvalue weighted by Crippen LogP contribution is -2.83. The molecule has 2 fully saturated rings. The van der Waals surface area contributed by atoms with Crippen molar-refractivity contribution in [2.24, 2.45) is 17.3 Å². The summed E-state index contributed by atoms with van der Waals surface area (Å²) < 4.78 is 19.7. The van der Waals surface area contributed by atoms with Gasteiger partial charge < -0.3 is 19.3 Å². The Morgan fingerprint density at radius 2 is 1.75 bits per heavy atom. The Morgan fingerprint density at radius 1 is 1.05 bits per heavy atom. The summed E-state index contributed by atoms with van der Waals surface area (Å²) in [5.74, 6) is 0.0655. The summed E-state index contributed by atoms with van der Waals surface area (Å²) in [6, 6.07) is 0. The fraction of sp³-hybridized carbons (Fsp3) is 0.529. The second-order valence-electron chi connectivity index (χ2n) is 13.8. The first-order valence-corrected chi connectivity index (χ1v) is 14.4. The predicted octanol–water partition coefficient (Wildman–Crippen LogP) is 6.70. The van der Waals surface area contributed by atoms with Crippen molar-refractivity contribution < 1.29 is 28.9 Å². The van der Waals surface area contributed by atoms with Crippen LogP contribution in [0.3, 0.4) is 0 Å². The highest BCUT2D eigenvalue weighted by atomic mass is 16.5. The molecule has 4 atom stereocenters. The van der Waals surface area contributed by atoms with Crippen molar-refractivity contribution in [2.45, 2.75) is 91.5 Å². The van der Waals surface area contributed by atoms with Crippen LogP contribution in [0.25, 0.3) is 6.08 Å². The number of hydrogen-bond donors (Lipinski definition) is 1. The van der Waals surface area contributed by atoms with Crippen LogP contribution in [0.1, 0.15) is 89.7 Å². The Labute approximate surface area is 236 Å². The van der Waals surface area contributed by atoms with Gasteiger partial charge in [-0.2, -0.15) is 0 Å². The molecule has 5 aliphatic rings. The van der Waals surface area contributed by atoms with Crippen molar-refractivity contribution in [2.75, 3.05) is 6.61 Å². The summed E-state index contributed by atoms with van der Waals surface area (Å²) in [7, 11) is 0. The monoisotopic (exact) mass is 544 g/mol. The van der Waals surface area contributed by atoms with Crippen molar-refractivity contribution >= 4 is 17.6 Å². The molecule has 0 aromatic heterocycles. The maximum absolute atomic E-state index is 14.6. The molecule has 1 N–H and O–H groups in total. The van der Waals surface area contributed by atoms with Gasteiger partial charge in [0.25, 0.3) is 0 Å². The molecule has 6 nitrogen and oxygen atoms in total. The van der Waals surface area contributed by atoms with Gasteiger partial charge in [-0.1, -0.05) is 29.4 Å². The van der Waals surface area contributed by atoms with Gasteiger partial charge in [0.2, 0.25) is 0 Å². The minimum atomic E-state index is -1.12. The van der Waals surface area contributed by atoms with E-state index in [-0.39, 0.29) is 34.7 Å². The normalized spacial score (nSPS) is 31.6. The molecule has 6 heteroatoms. The highest BCUT2D eigenvalue weighted by Gasteiger charge is 2.83. The number of allylic oxidation sites excluding steroid dienone is 4. The minimum absolute atomic E-state index is 0.0394. The number of fused-ring (bicyclic) bond motifs is 2. The number of ether oxygens (including phenoxy) is 3. The zero-order chi connectivity index (χ0) is 29.0. The van der Waals surface area contributed by atoms with Crippen LogP contribution in [0.2, 0.25) is 0 Å². The van der Waals surface area contributed by atoms with Crippen LogP contribution in [-0.4, -0.2) is 40.1 Å². The van der Waals surface area contributed by atoms with Crippen LogP contribution >= 0.6 is 0 Å². The third-order valence-corrected chi connectivity index (χ3v) is 9.39. The molecule has 1 spiro atoms. The lowest BCUT2D eigenvalue weighted by Gasteiger charge is -2.73. The van der Waals surface area contributed by atoms with E-state index in [2.05, 4.69) is 6.08 Å². The molecule has 2 unspecified atom stereocenters. The lowest BCUT2D eigenvalue weighted by molar-refractivity contribution is -0.293. The van der Waals surface area contributed by atoms with Crippen molar-refractivity contribution in [3.05, 3.63) is 57.7 Å².